The number of methoxy groups -OCH3 is 1. The fraction of sp³-hybridized carbons (Fsp3) is 0.385. The van der Waals surface area contributed by atoms with Crippen molar-refractivity contribution in [2.24, 2.45) is 11.3 Å². The molecule has 3 aromatic rings. The van der Waals surface area contributed by atoms with Gasteiger partial charge >= 0.3 is 0 Å². The summed E-state index contributed by atoms with van der Waals surface area (Å²) in [4.78, 5) is 19.3. The molecule has 1 saturated heterocycles. The van der Waals surface area contributed by atoms with Crippen LogP contribution >= 0.6 is 0 Å². The molecule has 5 rings (SSSR count). The zero-order valence-corrected chi connectivity index (χ0v) is 18.2. The molecule has 2 fully saturated rings. The van der Waals surface area contributed by atoms with Gasteiger partial charge in [-0.15, -0.1) is 0 Å². The second-order valence-electron chi connectivity index (χ2n) is 9.18. The second kappa shape index (κ2) is 7.97. The van der Waals surface area contributed by atoms with E-state index in [1.807, 2.05) is 12.1 Å². The lowest BCUT2D eigenvalue weighted by molar-refractivity contribution is -0.148. The number of rotatable bonds is 6. The van der Waals surface area contributed by atoms with Crippen LogP contribution in [0.1, 0.15) is 36.9 Å². The van der Waals surface area contributed by atoms with Crippen LogP contribution in [0, 0.1) is 11.3 Å². The first-order chi connectivity index (χ1) is 15.1. The number of hydrogen-bond acceptors (Lipinski definition) is 4. The van der Waals surface area contributed by atoms with Crippen LogP contribution in [0.5, 0.6) is 5.88 Å². The second-order valence-corrected chi connectivity index (χ2v) is 9.18. The van der Waals surface area contributed by atoms with Gasteiger partial charge in [0.05, 0.1) is 7.11 Å². The van der Waals surface area contributed by atoms with Gasteiger partial charge in [-0.25, -0.2) is 4.98 Å². The minimum atomic E-state index is 0.138. The van der Waals surface area contributed by atoms with E-state index in [0.29, 0.717) is 23.9 Å². The van der Waals surface area contributed by atoms with Gasteiger partial charge in [-0.2, -0.15) is 0 Å². The first-order valence-electron chi connectivity index (χ1n) is 11.1. The summed E-state index contributed by atoms with van der Waals surface area (Å²) in [5, 5.41) is 5.73. The highest BCUT2D eigenvalue weighted by atomic mass is 16.5. The van der Waals surface area contributed by atoms with Crippen molar-refractivity contribution in [3.63, 3.8) is 0 Å². The lowest BCUT2D eigenvalue weighted by Gasteiger charge is -2.60. The molecule has 1 atom stereocenters. The lowest BCUT2D eigenvalue weighted by atomic mass is 9.57. The van der Waals surface area contributed by atoms with Gasteiger partial charge in [-0.05, 0) is 53.1 Å². The van der Waals surface area contributed by atoms with Crippen LogP contribution < -0.4 is 10.1 Å². The third-order valence-electron chi connectivity index (χ3n) is 7.10. The Kier molecular flexibility index (Phi) is 5.14. The monoisotopic (exact) mass is 415 g/mol. The van der Waals surface area contributed by atoms with Crippen molar-refractivity contribution in [3.8, 4) is 5.88 Å². The quantitative estimate of drug-likeness (QED) is 0.651. The summed E-state index contributed by atoms with van der Waals surface area (Å²) in [6.45, 7) is 5.00. The van der Waals surface area contributed by atoms with E-state index in [0.717, 1.165) is 31.5 Å². The average Bonchev–Trinajstić information content (AvgIpc) is 2.75. The van der Waals surface area contributed by atoms with Crippen molar-refractivity contribution >= 4 is 16.7 Å². The molecule has 1 aliphatic carbocycles. The topological polar surface area (TPSA) is 54.5 Å². The Bertz CT molecular complexity index is 1090. The van der Waals surface area contributed by atoms with Crippen LogP contribution in [0.4, 0.5) is 0 Å². The Morgan fingerprint density at radius 1 is 1.19 bits per heavy atom. The van der Waals surface area contributed by atoms with E-state index in [1.165, 1.54) is 16.3 Å². The number of carbonyl (C=O) groups excluding carboxylic acids is 1. The molecule has 5 heteroatoms. The number of aromatic nitrogens is 1. The summed E-state index contributed by atoms with van der Waals surface area (Å²) in [6, 6.07) is 19.4. The Morgan fingerprint density at radius 2 is 1.97 bits per heavy atom. The number of likely N-dealkylation sites (tertiary alicyclic amines) is 1. The minimum Gasteiger partial charge on any atom is -0.481 e. The first kappa shape index (κ1) is 20.0. The van der Waals surface area contributed by atoms with Gasteiger partial charge in [0.15, 0.2) is 0 Å². The zero-order valence-electron chi connectivity index (χ0n) is 18.2. The summed E-state index contributed by atoms with van der Waals surface area (Å²) < 4.78 is 5.15. The number of nitrogens with one attached hydrogen (secondary N) is 1. The minimum absolute atomic E-state index is 0.138. The maximum Gasteiger partial charge on any atom is 0.223 e. The summed E-state index contributed by atoms with van der Waals surface area (Å²) in [7, 11) is 1.60. The molecule has 2 heterocycles. The van der Waals surface area contributed by atoms with E-state index >= 15 is 0 Å². The smallest absolute Gasteiger partial charge is 0.223 e. The number of carbonyl (C=O) groups is 1. The van der Waals surface area contributed by atoms with Crippen LogP contribution in [0.2, 0.25) is 0 Å². The highest BCUT2D eigenvalue weighted by molar-refractivity contribution is 5.86. The van der Waals surface area contributed by atoms with Gasteiger partial charge in [0.1, 0.15) is 0 Å². The van der Waals surface area contributed by atoms with E-state index in [-0.39, 0.29) is 11.8 Å². The Hall–Kier alpha value is -2.92. The predicted molar refractivity (Wildman–Crippen MR) is 122 cm³/mol. The number of hydrogen-bond donors (Lipinski definition) is 1. The van der Waals surface area contributed by atoms with Crippen molar-refractivity contribution < 1.29 is 9.53 Å². The fourth-order valence-electron chi connectivity index (χ4n) is 5.34. The molecular formula is C26H29N3O2. The predicted octanol–water partition coefficient (Wildman–Crippen LogP) is 4.33. The largest absolute Gasteiger partial charge is 0.481 e. The number of pyridine rings is 1. The lowest BCUT2D eigenvalue weighted by Crippen LogP contribution is -2.64. The van der Waals surface area contributed by atoms with Gasteiger partial charge < -0.3 is 10.1 Å². The molecule has 160 valence electrons. The zero-order chi connectivity index (χ0) is 21.4. The van der Waals surface area contributed by atoms with Crippen molar-refractivity contribution in [3.05, 3.63) is 71.9 Å². The van der Waals surface area contributed by atoms with Crippen molar-refractivity contribution in [2.75, 3.05) is 20.2 Å². The van der Waals surface area contributed by atoms with E-state index in [4.69, 9.17) is 4.74 Å². The highest BCUT2D eigenvalue weighted by Crippen LogP contribution is 2.54. The number of nitrogens with zero attached hydrogens (tertiary/aromatic N) is 2. The van der Waals surface area contributed by atoms with Gasteiger partial charge in [0.25, 0.3) is 0 Å². The Morgan fingerprint density at radius 3 is 2.77 bits per heavy atom. The van der Waals surface area contributed by atoms with Crippen LogP contribution in [0.3, 0.4) is 0 Å². The molecule has 2 aliphatic rings. The molecule has 1 saturated carbocycles. The van der Waals surface area contributed by atoms with Crippen LogP contribution in [-0.4, -0.2) is 36.0 Å². The Balaban J connectivity index is 1.13. The maximum absolute atomic E-state index is 12.6. The van der Waals surface area contributed by atoms with Crippen molar-refractivity contribution in [1.29, 1.82) is 0 Å². The molecule has 1 aliphatic heterocycles. The maximum atomic E-state index is 12.6. The first-order valence-corrected chi connectivity index (χ1v) is 11.1. The summed E-state index contributed by atoms with van der Waals surface area (Å²) in [6.07, 6.45) is 3.70. The molecule has 5 nitrogen and oxygen atoms in total. The number of amides is 1. The molecule has 0 radical (unpaired) electrons. The molecule has 1 N–H and O–H groups in total. The summed E-state index contributed by atoms with van der Waals surface area (Å²) in [5.41, 5.74) is 2.74. The third kappa shape index (κ3) is 3.79. The summed E-state index contributed by atoms with van der Waals surface area (Å²) in [5.74, 6) is 0.880. The molecule has 0 unspecified atom stereocenters. The van der Waals surface area contributed by atoms with Gasteiger partial charge in [0, 0.05) is 43.9 Å². The molecular weight excluding hydrogens is 386 g/mol. The fourth-order valence-corrected chi connectivity index (χ4v) is 5.34. The highest BCUT2D eigenvalue weighted by Gasteiger charge is 2.55. The van der Waals surface area contributed by atoms with Crippen molar-refractivity contribution in [2.45, 2.75) is 32.4 Å². The number of benzene rings is 2. The van der Waals surface area contributed by atoms with Gasteiger partial charge in [0.2, 0.25) is 11.8 Å². The van der Waals surface area contributed by atoms with Crippen molar-refractivity contribution in [1.82, 2.24) is 15.2 Å². The SMILES string of the molecule is COc1cc(CNC(=O)C2CC3(C2)CN([C@H](C)c2cccc4ccccc24)C3)ccn1. The van der Waals surface area contributed by atoms with Crippen LogP contribution in [0.25, 0.3) is 10.8 Å². The normalized spacial score (nSPS) is 18.9. The standard InChI is InChI=1S/C26H29N3O2/c1-18(22-9-5-7-20-6-3-4-8-23(20)22)29-16-26(17-29)13-21(14-26)25(30)28-15-19-10-11-27-24(12-19)31-2/h3-12,18,21H,13-17H2,1-2H3,(H,28,30)/t18-/m1/s1. The molecule has 2 aromatic carbocycles. The molecule has 1 aromatic heterocycles. The third-order valence-corrected chi connectivity index (χ3v) is 7.10. The van der Waals surface area contributed by atoms with Crippen LogP contribution in [-0.2, 0) is 11.3 Å². The molecule has 31 heavy (non-hydrogen) atoms. The van der Waals surface area contributed by atoms with Gasteiger partial charge in [-0.1, -0.05) is 42.5 Å². The average molecular weight is 416 g/mol. The van der Waals surface area contributed by atoms with E-state index in [2.05, 4.69) is 64.6 Å². The Labute approximate surface area is 183 Å². The molecule has 1 amide bonds. The molecule has 1 spiro atoms. The van der Waals surface area contributed by atoms with Gasteiger partial charge in [-0.3, -0.25) is 9.69 Å². The van der Waals surface area contributed by atoms with E-state index < -0.39 is 0 Å². The molecule has 0 bridgehead atoms. The van der Waals surface area contributed by atoms with E-state index in [1.54, 1.807) is 13.3 Å². The number of fused-ring (bicyclic) bond motifs is 1. The van der Waals surface area contributed by atoms with Crippen LogP contribution in [0.15, 0.2) is 60.8 Å². The summed E-state index contributed by atoms with van der Waals surface area (Å²) >= 11 is 0. The van der Waals surface area contributed by atoms with E-state index in [9.17, 15) is 4.79 Å². The number of ether oxygens (including phenoxy) is 1.